The molecule has 0 aliphatic heterocycles. The van der Waals surface area contributed by atoms with Gasteiger partial charge in [-0.3, -0.25) is 4.79 Å². The van der Waals surface area contributed by atoms with Crippen molar-refractivity contribution in [3.8, 4) is 5.75 Å². The molecule has 20 heavy (non-hydrogen) atoms. The van der Waals surface area contributed by atoms with Crippen molar-refractivity contribution in [3.63, 3.8) is 0 Å². The number of fused-ring (bicyclic) bond motifs is 1. The van der Waals surface area contributed by atoms with Gasteiger partial charge in [-0.25, -0.2) is 0 Å². The molecule has 1 aromatic rings. The van der Waals surface area contributed by atoms with E-state index in [-0.39, 0.29) is 12.0 Å². The van der Waals surface area contributed by atoms with Gasteiger partial charge < -0.3 is 10.1 Å². The van der Waals surface area contributed by atoms with E-state index in [1.165, 1.54) is 30.4 Å². The minimum absolute atomic E-state index is 0.0349. The van der Waals surface area contributed by atoms with Crippen molar-refractivity contribution in [2.45, 2.75) is 64.0 Å². The Morgan fingerprint density at radius 3 is 2.75 bits per heavy atom. The molecule has 3 heteroatoms. The topological polar surface area (TPSA) is 38.3 Å². The maximum Gasteiger partial charge on any atom is 0.261 e. The van der Waals surface area contributed by atoms with Crippen molar-refractivity contribution in [3.05, 3.63) is 29.3 Å². The quantitative estimate of drug-likeness (QED) is 0.895. The number of amides is 1. The van der Waals surface area contributed by atoms with Gasteiger partial charge in [0.2, 0.25) is 0 Å². The van der Waals surface area contributed by atoms with E-state index in [1.54, 1.807) is 0 Å². The number of nitrogens with one attached hydrogen (secondary N) is 1. The second kappa shape index (κ2) is 5.86. The minimum atomic E-state index is -0.364. The zero-order valence-corrected chi connectivity index (χ0v) is 12.2. The molecule has 0 radical (unpaired) electrons. The first-order valence-corrected chi connectivity index (χ1v) is 7.85. The Morgan fingerprint density at radius 1 is 1.30 bits per heavy atom. The molecule has 1 aromatic carbocycles. The van der Waals surface area contributed by atoms with E-state index >= 15 is 0 Å². The van der Waals surface area contributed by atoms with Gasteiger partial charge in [0.1, 0.15) is 5.75 Å². The molecule has 1 fully saturated rings. The predicted molar refractivity (Wildman–Crippen MR) is 79.0 cm³/mol. The van der Waals surface area contributed by atoms with Crippen molar-refractivity contribution < 1.29 is 9.53 Å². The van der Waals surface area contributed by atoms with Crippen LogP contribution in [-0.4, -0.2) is 18.1 Å². The Hall–Kier alpha value is -1.51. The molecule has 1 atom stereocenters. The lowest BCUT2D eigenvalue weighted by Crippen LogP contribution is -2.39. The molecule has 2 aliphatic carbocycles. The third kappa shape index (κ3) is 3.14. The third-order valence-electron chi connectivity index (χ3n) is 4.19. The molecule has 0 bridgehead atoms. The fraction of sp³-hybridized carbons (Fsp3) is 0.588. The minimum Gasteiger partial charge on any atom is -0.481 e. The van der Waals surface area contributed by atoms with E-state index in [4.69, 9.17) is 4.74 Å². The summed E-state index contributed by atoms with van der Waals surface area (Å²) < 4.78 is 5.91. The molecule has 2 aliphatic rings. The molecule has 108 valence electrons. The van der Waals surface area contributed by atoms with Crippen molar-refractivity contribution in [2.24, 2.45) is 0 Å². The van der Waals surface area contributed by atoms with Crippen LogP contribution >= 0.6 is 0 Å². The highest BCUT2D eigenvalue weighted by Crippen LogP contribution is 2.26. The van der Waals surface area contributed by atoms with E-state index in [9.17, 15) is 4.79 Å². The summed E-state index contributed by atoms with van der Waals surface area (Å²) in [6, 6.07) is 6.69. The number of carbonyl (C=O) groups excluding carboxylic acids is 1. The zero-order chi connectivity index (χ0) is 13.9. The number of rotatable bonds is 5. The number of carbonyl (C=O) groups is 1. The maximum absolute atomic E-state index is 12.1. The van der Waals surface area contributed by atoms with Crippen LogP contribution in [0.25, 0.3) is 0 Å². The standard InChI is InChI=1S/C17H23NO2/c1-2-16(17(19)18-14-8-9-14)20-15-10-7-12-5-3-4-6-13(12)11-15/h7,10-11,14,16H,2-6,8-9H2,1H3,(H,18,19)/t16-/m0/s1. The third-order valence-corrected chi connectivity index (χ3v) is 4.19. The van der Waals surface area contributed by atoms with E-state index in [2.05, 4.69) is 17.4 Å². The monoisotopic (exact) mass is 273 g/mol. The largest absolute Gasteiger partial charge is 0.481 e. The smallest absolute Gasteiger partial charge is 0.261 e. The summed E-state index contributed by atoms with van der Waals surface area (Å²) in [4.78, 5) is 12.1. The Morgan fingerprint density at radius 2 is 2.05 bits per heavy atom. The summed E-state index contributed by atoms with van der Waals surface area (Å²) in [5.74, 6) is 0.871. The van der Waals surface area contributed by atoms with E-state index in [1.807, 2.05) is 13.0 Å². The summed E-state index contributed by atoms with van der Waals surface area (Å²) in [5, 5.41) is 3.02. The van der Waals surface area contributed by atoms with Gasteiger partial charge in [0.15, 0.2) is 6.10 Å². The van der Waals surface area contributed by atoms with Gasteiger partial charge in [0.05, 0.1) is 0 Å². The lowest BCUT2D eigenvalue weighted by atomic mass is 9.92. The van der Waals surface area contributed by atoms with Gasteiger partial charge >= 0.3 is 0 Å². The highest BCUT2D eigenvalue weighted by molar-refractivity contribution is 5.81. The number of hydrogen-bond donors (Lipinski definition) is 1. The summed E-state index contributed by atoms with van der Waals surface area (Å²) in [6.45, 7) is 2.00. The van der Waals surface area contributed by atoms with Crippen LogP contribution in [0.15, 0.2) is 18.2 Å². The first kappa shape index (κ1) is 13.5. The average molecular weight is 273 g/mol. The van der Waals surface area contributed by atoms with Gasteiger partial charge in [-0.15, -0.1) is 0 Å². The SMILES string of the molecule is CC[C@H](Oc1ccc2c(c1)CCCC2)C(=O)NC1CC1. The van der Waals surface area contributed by atoms with Crippen LogP contribution in [0.2, 0.25) is 0 Å². The molecule has 0 heterocycles. The van der Waals surface area contributed by atoms with Gasteiger partial charge in [0, 0.05) is 6.04 Å². The molecule has 0 unspecified atom stereocenters. The summed E-state index contributed by atoms with van der Waals surface area (Å²) in [5.41, 5.74) is 2.84. The van der Waals surface area contributed by atoms with Crippen LogP contribution < -0.4 is 10.1 Å². The Bertz CT molecular complexity index is 494. The molecule has 3 nitrogen and oxygen atoms in total. The van der Waals surface area contributed by atoms with Crippen LogP contribution in [0.3, 0.4) is 0 Å². The van der Waals surface area contributed by atoms with Gasteiger partial charge in [0.25, 0.3) is 5.91 Å². The predicted octanol–water partition coefficient (Wildman–Crippen LogP) is 3.00. The lowest BCUT2D eigenvalue weighted by molar-refractivity contribution is -0.128. The first-order chi connectivity index (χ1) is 9.76. The van der Waals surface area contributed by atoms with Gasteiger partial charge in [-0.2, -0.15) is 0 Å². The molecule has 1 saturated carbocycles. The maximum atomic E-state index is 12.1. The molecule has 1 amide bonds. The van der Waals surface area contributed by atoms with Crippen LogP contribution in [0.1, 0.15) is 50.2 Å². The number of benzene rings is 1. The molecule has 0 aromatic heterocycles. The van der Waals surface area contributed by atoms with Crippen LogP contribution in [0.4, 0.5) is 0 Å². The molecule has 0 saturated heterocycles. The van der Waals surface area contributed by atoms with Gasteiger partial charge in [-0.1, -0.05) is 13.0 Å². The van der Waals surface area contributed by atoms with Crippen molar-refractivity contribution in [1.82, 2.24) is 5.32 Å². The second-order valence-corrected chi connectivity index (χ2v) is 5.94. The van der Waals surface area contributed by atoms with Crippen LogP contribution in [-0.2, 0) is 17.6 Å². The normalized spacial score (nSPS) is 19.1. The Kier molecular flexibility index (Phi) is 3.95. The Labute approximate surface area is 120 Å². The molecule has 3 rings (SSSR count). The first-order valence-electron chi connectivity index (χ1n) is 7.85. The van der Waals surface area contributed by atoms with Crippen molar-refractivity contribution >= 4 is 5.91 Å². The molecule has 1 N–H and O–H groups in total. The Balaban J connectivity index is 1.66. The number of hydrogen-bond acceptors (Lipinski definition) is 2. The fourth-order valence-electron chi connectivity index (χ4n) is 2.79. The zero-order valence-electron chi connectivity index (χ0n) is 12.2. The van der Waals surface area contributed by atoms with Crippen molar-refractivity contribution in [1.29, 1.82) is 0 Å². The highest BCUT2D eigenvalue weighted by atomic mass is 16.5. The van der Waals surface area contributed by atoms with E-state index in [0.717, 1.165) is 25.0 Å². The van der Waals surface area contributed by atoms with E-state index in [0.29, 0.717) is 12.5 Å². The average Bonchev–Trinajstić information content (AvgIpc) is 3.28. The van der Waals surface area contributed by atoms with Gasteiger partial charge in [-0.05, 0) is 68.2 Å². The van der Waals surface area contributed by atoms with E-state index < -0.39 is 0 Å². The molecular formula is C17H23NO2. The summed E-state index contributed by atoms with van der Waals surface area (Å²) in [7, 11) is 0. The highest BCUT2D eigenvalue weighted by Gasteiger charge is 2.27. The fourth-order valence-corrected chi connectivity index (χ4v) is 2.79. The lowest BCUT2D eigenvalue weighted by Gasteiger charge is -2.20. The summed E-state index contributed by atoms with van der Waals surface area (Å²) in [6.07, 6.45) is 7.42. The molecular weight excluding hydrogens is 250 g/mol. The number of aryl methyl sites for hydroxylation is 2. The van der Waals surface area contributed by atoms with Crippen LogP contribution in [0.5, 0.6) is 5.75 Å². The summed E-state index contributed by atoms with van der Waals surface area (Å²) >= 11 is 0. The van der Waals surface area contributed by atoms with Crippen molar-refractivity contribution in [2.75, 3.05) is 0 Å². The molecule has 0 spiro atoms. The second-order valence-electron chi connectivity index (χ2n) is 5.94. The van der Waals surface area contributed by atoms with Crippen LogP contribution in [0, 0.1) is 0 Å². The number of ether oxygens (including phenoxy) is 1.